The SMILES string of the molecule is O=[N+]([O-])c1ccc(Cl)cc1CNCc1ccccn1. The van der Waals surface area contributed by atoms with Crippen LogP contribution >= 0.6 is 11.6 Å². The molecule has 6 heteroatoms. The molecule has 0 spiro atoms. The first-order chi connectivity index (χ1) is 9.16. The minimum absolute atomic E-state index is 0.0675. The van der Waals surface area contributed by atoms with Gasteiger partial charge in [-0.15, -0.1) is 0 Å². The van der Waals surface area contributed by atoms with Crippen LogP contribution in [0.4, 0.5) is 5.69 Å². The Morgan fingerprint density at radius 2 is 2.11 bits per heavy atom. The maximum Gasteiger partial charge on any atom is 0.273 e. The molecule has 1 N–H and O–H groups in total. The lowest BCUT2D eigenvalue weighted by molar-refractivity contribution is -0.385. The van der Waals surface area contributed by atoms with Crippen LogP contribution < -0.4 is 5.32 Å². The van der Waals surface area contributed by atoms with Crippen molar-refractivity contribution in [2.45, 2.75) is 13.1 Å². The molecular weight excluding hydrogens is 266 g/mol. The zero-order chi connectivity index (χ0) is 13.7. The maximum absolute atomic E-state index is 10.9. The Kier molecular flexibility index (Phi) is 4.43. The van der Waals surface area contributed by atoms with E-state index >= 15 is 0 Å². The van der Waals surface area contributed by atoms with Crippen LogP contribution in [0.1, 0.15) is 11.3 Å². The van der Waals surface area contributed by atoms with Crippen molar-refractivity contribution >= 4 is 17.3 Å². The topological polar surface area (TPSA) is 68.1 Å². The second kappa shape index (κ2) is 6.26. The molecule has 0 aliphatic heterocycles. The molecular formula is C13H12ClN3O2. The van der Waals surface area contributed by atoms with E-state index in [0.717, 1.165) is 5.69 Å². The van der Waals surface area contributed by atoms with Gasteiger partial charge in [0.1, 0.15) is 0 Å². The Morgan fingerprint density at radius 3 is 2.79 bits per heavy atom. The Bertz CT molecular complexity index is 575. The van der Waals surface area contributed by atoms with Crippen LogP contribution in [0.3, 0.4) is 0 Å². The lowest BCUT2D eigenvalue weighted by Gasteiger charge is -2.06. The highest BCUT2D eigenvalue weighted by molar-refractivity contribution is 6.30. The van der Waals surface area contributed by atoms with Gasteiger partial charge in [0.15, 0.2) is 0 Å². The summed E-state index contributed by atoms with van der Waals surface area (Å²) in [6.07, 6.45) is 1.71. The number of benzene rings is 1. The number of nitro groups is 1. The summed E-state index contributed by atoms with van der Waals surface area (Å²) in [5.41, 5.74) is 1.51. The summed E-state index contributed by atoms with van der Waals surface area (Å²) < 4.78 is 0. The van der Waals surface area contributed by atoms with E-state index in [-0.39, 0.29) is 5.69 Å². The van der Waals surface area contributed by atoms with E-state index in [1.807, 2.05) is 18.2 Å². The van der Waals surface area contributed by atoms with E-state index in [4.69, 9.17) is 11.6 Å². The molecule has 5 nitrogen and oxygen atoms in total. The summed E-state index contributed by atoms with van der Waals surface area (Å²) in [6.45, 7) is 0.915. The third-order valence-corrected chi connectivity index (χ3v) is 2.82. The molecule has 0 aliphatic carbocycles. The van der Waals surface area contributed by atoms with Crippen LogP contribution in [-0.2, 0) is 13.1 Å². The molecule has 98 valence electrons. The highest BCUT2D eigenvalue weighted by atomic mass is 35.5. The highest BCUT2D eigenvalue weighted by Crippen LogP contribution is 2.22. The molecule has 2 aromatic rings. The zero-order valence-corrected chi connectivity index (χ0v) is 10.8. The van der Waals surface area contributed by atoms with Crippen molar-refractivity contribution in [3.63, 3.8) is 0 Å². The van der Waals surface area contributed by atoms with E-state index < -0.39 is 4.92 Å². The number of nitrogens with one attached hydrogen (secondary N) is 1. The number of hydrogen-bond donors (Lipinski definition) is 1. The van der Waals surface area contributed by atoms with Crippen molar-refractivity contribution in [3.05, 3.63) is 69.0 Å². The number of nitrogens with zero attached hydrogens (tertiary/aromatic N) is 2. The summed E-state index contributed by atoms with van der Waals surface area (Å²) in [5, 5.41) is 14.5. The lowest BCUT2D eigenvalue weighted by atomic mass is 10.2. The van der Waals surface area contributed by atoms with Gasteiger partial charge >= 0.3 is 0 Å². The number of hydrogen-bond acceptors (Lipinski definition) is 4. The molecule has 0 fully saturated rings. The number of nitro benzene ring substituents is 1. The Morgan fingerprint density at radius 1 is 1.26 bits per heavy atom. The first kappa shape index (κ1) is 13.5. The second-order valence-electron chi connectivity index (χ2n) is 3.95. The fraction of sp³-hybridized carbons (Fsp3) is 0.154. The van der Waals surface area contributed by atoms with Gasteiger partial charge in [-0.25, -0.2) is 0 Å². The molecule has 0 atom stereocenters. The Hall–Kier alpha value is -1.98. The molecule has 19 heavy (non-hydrogen) atoms. The van der Waals surface area contributed by atoms with Crippen LogP contribution in [0, 0.1) is 10.1 Å². The van der Waals surface area contributed by atoms with Gasteiger partial charge < -0.3 is 5.32 Å². The molecule has 1 aromatic heterocycles. The third kappa shape index (κ3) is 3.74. The standard InChI is InChI=1S/C13H12ClN3O2/c14-11-4-5-13(17(18)19)10(7-11)8-15-9-12-3-1-2-6-16-12/h1-7,15H,8-9H2. The van der Waals surface area contributed by atoms with E-state index in [1.54, 1.807) is 12.3 Å². The van der Waals surface area contributed by atoms with E-state index in [9.17, 15) is 10.1 Å². The summed E-state index contributed by atoms with van der Waals surface area (Å²) >= 11 is 5.85. The largest absolute Gasteiger partial charge is 0.307 e. The van der Waals surface area contributed by atoms with Gasteiger partial charge in [-0.2, -0.15) is 0 Å². The van der Waals surface area contributed by atoms with Crippen LogP contribution in [0.25, 0.3) is 0 Å². The molecule has 1 aromatic carbocycles. The fourth-order valence-electron chi connectivity index (χ4n) is 1.70. The summed E-state index contributed by atoms with van der Waals surface area (Å²) in [6, 6.07) is 10.2. The first-order valence-corrected chi connectivity index (χ1v) is 6.08. The Labute approximate surface area is 115 Å². The molecule has 0 saturated carbocycles. The van der Waals surface area contributed by atoms with E-state index in [1.165, 1.54) is 12.1 Å². The normalized spacial score (nSPS) is 10.4. The van der Waals surface area contributed by atoms with Crippen LogP contribution in [0.2, 0.25) is 5.02 Å². The van der Waals surface area contributed by atoms with Crippen molar-refractivity contribution < 1.29 is 4.92 Å². The van der Waals surface area contributed by atoms with Crippen molar-refractivity contribution in [2.75, 3.05) is 0 Å². The van der Waals surface area contributed by atoms with Crippen LogP contribution in [-0.4, -0.2) is 9.91 Å². The van der Waals surface area contributed by atoms with E-state index in [2.05, 4.69) is 10.3 Å². The quantitative estimate of drug-likeness (QED) is 0.674. The van der Waals surface area contributed by atoms with Gasteiger partial charge in [0.2, 0.25) is 0 Å². The van der Waals surface area contributed by atoms with Gasteiger partial charge in [0.25, 0.3) is 5.69 Å². The zero-order valence-electron chi connectivity index (χ0n) is 10.0. The van der Waals surface area contributed by atoms with Crippen molar-refractivity contribution in [2.24, 2.45) is 0 Å². The van der Waals surface area contributed by atoms with Crippen molar-refractivity contribution in [1.29, 1.82) is 0 Å². The number of halogens is 1. The summed E-state index contributed by atoms with van der Waals surface area (Å²) in [5.74, 6) is 0. The minimum Gasteiger partial charge on any atom is -0.307 e. The summed E-state index contributed by atoms with van der Waals surface area (Å²) in [7, 11) is 0. The first-order valence-electron chi connectivity index (χ1n) is 5.70. The van der Waals surface area contributed by atoms with Gasteiger partial charge in [0.05, 0.1) is 10.6 Å². The monoisotopic (exact) mass is 277 g/mol. The van der Waals surface area contributed by atoms with Crippen LogP contribution in [0.15, 0.2) is 42.6 Å². The van der Waals surface area contributed by atoms with Crippen molar-refractivity contribution in [3.8, 4) is 0 Å². The number of rotatable bonds is 5. The van der Waals surface area contributed by atoms with Gasteiger partial charge in [0, 0.05) is 35.9 Å². The fourth-order valence-corrected chi connectivity index (χ4v) is 1.90. The van der Waals surface area contributed by atoms with E-state index in [0.29, 0.717) is 23.7 Å². The molecule has 0 radical (unpaired) electrons. The van der Waals surface area contributed by atoms with Gasteiger partial charge in [-0.1, -0.05) is 17.7 Å². The minimum atomic E-state index is -0.409. The smallest absolute Gasteiger partial charge is 0.273 e. The van der Waals surface area contributed by atoms with Crippen molar-refractivity contribution in [1.82, 2.24) is 10.3 Å². The molecule has 2 rings (SSSR count). The summed E-state index contributed by atoms with van der Waals surface area (Å²) in [4.78, 5) is 14.6. The highest BCUT2D eigenvalue weighted by Gasteiger charge is 2.13. The number of aromatic nitrogens is 1. The lowest BCUT2D eigenvalue weighted by Crippen LogP contribution is -2.14. The maximum atomic E-state index is 10.9. The Balaban J connectivity index is 2.03. The average Bonchev–Trinajstić information content (AvgIpc) is 2.39. The molecule has 0 unspecified atom stereocenters. The molecule has 0 bridgehead atoms. The third-order valence-electron chi connectivity index (χ3n) is 2.59. The number of pyridine rings is 1. The second-order valence-corrected chi connectivity index (χ2v) is 4.39. The van der Waals surface area contributed by atoms with Gasteiger partial charge in [-0.3, -0.25) is 15.1 Å². The predicted octanol–water partition coefficient (Wildman–Crippen LogP) is 2.93. The predicted molar refractivity (Wildman–Crippen MR) is 72.9 cm³/mol. The average molecular weight is 278 g/mol. The van der Waals surface area contributed by atoms with Gasteiger partial charge in [-0.05, 0) is 24.3 Å². The molecule has 0 aliphatic rings. The van der Waals surface area contributed by atoms with Crippen LogP contribution in [0.5, 0.6) is 0 Å². The molecule has 0 amide bonds. The molecule has 0 saturated heterocycles. The molecule has 1 heterocycles.